The maximum atomic E-state index is 5.72. The highest BCUT2D eigenvalue weighted by Crippen LogP contribution is 2.48. The summed E-state index contributed by atoms with van der Waals surface area (Å²) in [7, 11) is 1.97. The van der Waals surface area contributed by atoms with Crippen molar-refractivity contribution in [1.29, 1.82) is 0 Å². The molecule has 1 aliphatic heterocycles. The summed E-state index contributed by atoms with van der Waals surface area (Å²) < 4.78 is 13.2. The molecule has 0 bridgehead atoms. The number of aromatic nitrogens is 3. The van der Waals surface area contributed by atoms with Crippen molar-refractivity contribution in [3.05, 3.63) is 11.6 Å². The van der Waals surface area contributed by atoms with Crippen molar-refractivity contribution in [1.82, 2.24) is 25.4 Å². The first-order chi connectivity index (χ1) is 13.1. The molecule has 8 nitrogen and oxygen atoms in total. The Labute approximate surface area is 185 Å². The van der Waals surface area contributed by atoms with Crippen molar-refractivity contribution in [2.75, 3.05) is 32.9 Å². The van der Waals surface area contributed by atoms with Gasteiger partial charge in [0.2, 0.25) is 0 Å². The summed E-state index contributed by atoms with van der Waals surface area (Å²) in [6.45, 7) is 8.71. The normalized spacial score (nSPS) is 20.7. The number of ether oxygens (including phenoxy) is 2. The van der Waals surface area contributed by atoms with E-state index in [0.717, 1.165) is 69.8 Å². The zero-order valence-electron chi connectivity index (χ0n) is 17.4. The Morgan fingerprint density at radius 3 is 2.79 bits per heavy atom. The van der Waals surface area contributed by atoms with Crippen LogP contribution in [-0.2, 0) is 23.1 Å². The zero-order valence-corrected chi connectivity index (χ0v) is 19.7. The topological polar surface area (TPSA) is 85.6 Å². The largest absolute Gasteiger partial charge is 0.382 e. The van der Waals surface area contributed by atoms with Crippen molar-refractivity contribution in [3.63, 3.8) is 0 Å². The molecule has 160 valence electrons. The summed E-state index contributed by atoms with van der Waals surface area (Å²) in [5, 5.41) is 15.3. The van der Waals surface area contributed by atoms with E-state index in [1.165, 1.54) is 12.8 Å². The van der Waals surface area contributed by atoms with E-state index < -0.39 is 0 Å². The summed E-state index contributed by atoms with van der Waals surface area (Å²) in [5.41, 5.74) is 0.364. The molecular formula is C19H35IN6O2. The fourth-order valence-corrected chi connectivity index (χ4v) is 3.32. The van der Waals surface area contributed by atoms with Crippen LogP contribution in [0.3, 0.4) is 0 Å². The molecule has 9 heteroatoms. The predicted octanol–water partition coefficient (Wildman–Crippen LogP) is 2.16. The summed E-state index contributed by atoms with van der Waals surface area (Å²) in [4.78, 5) is 4.74. The molecule has 2 fully saturated rings. The van der Waals surface area contributed by atoms with E-state index in [0.29, 0.717) is 12.0 Å². The minimum Gasteiger partial charge on any atom is -0.382 e. The smallest absolute Gasteiger partial charge is 0.191 e. The number of rotatable bonds is 10. The molecule has 1 unspecified atom stereocenters. The van der Waals surface area contributed by atoms with Gasteiger partial charge in [-0.1, -0.05) is 0 Å². The van der Waals surface area contributed by atoms with E-state index in [4.69, 9.17) is 14.5 Å². The number of halogens is 1. The van der Waals surface area contributed by atoms with Gasteiger partial charge < -0.3 is 24.7 Å². The summed E-state index contributed by atoms with van der Waals surface area (Å²) >= 11 is 0. The van der Waals surface area contributed by atoms with E-state index in [2.05, 4.69) is 20.8 Å². The lowest BCUT2D eigenvalue weighted by Crippen LogP contribution is -2.43. The third kappa shape index (κ3) is 6.84. The average Bonchev–Trinajstić information content (AvgIpc) is 3.09. The standard InChI is InChI=1S/C19H34N6O2.HI/c1-4-26-11-9-19(7-8-19)14-22-18(20-12-16-6-5-10-27-16)21-13-17-24-23-15(2)25(17)3;/h16H,4-14H2,1-3H3,(H2,20,21,22);1H. The molecule has 2 heterocycles. The SMILES string of the molecule is CCOCCC1(CNC(=NCc2nnc(C)n2C)NCC2CCCO2)CC1.I. The van der Waals surface area contributed by atoms with Gasteiger partial charge in [-0.15, -0.1) is 34.2 Å². The highest BCUT2D eigenvalue weighted by molar-refractivity contribution is 14.0. The van der Waals surface area contributed by atoms with Gasteiger partial charge in [0.25, 0.3) is 0 Å². The van der Waals surface area contributed by atoms with Crippen LogP contribution in [0.15, 0.2) is 4.99 Å². The second-order valence-electron chi connectivity index (χ2n) is 7.70. The molecule has 1 aliphatic carbocycles. The molecular weight excluding hydrogens is 471 g/mol. The van der Waals surface area contributed by atoms with Gasteiger partial charge in [0.1, 0.15) is 12.4 Å². The second kappa shape index (κ2) is 11.3. The van der Waals surface area contributed by atoms with Crippen LogP contribution in [0.25, 0.3) is 0 Å². The highest BCUT2D eigenvalue weighted by Gasteiger charge is 2.42. The minimum atomic E-state index is 0. The summed E-state index contributed by atoms with van der Waals surface area (Å²) in [5.74, 6) is 2.59. The molecule has 2 aliphatic rings. The van der Waals surface area contributed by atoms with Gasteiger partial charge in [-0.25, -0.2) is 4.99 Å². The maximum absolute atomic E-state index is 5.72. The van der Waals surface area contributed by atoms with Crippen molar-refractivity contribution in [2.45, 2.75) is 58.6 Å². The average molecular weight is 506 g/mol. The van der Waals surface area contributed by atoms with E-state index >= 15 is 0 Å². The molecule has 0 radical (unpaired) electrons. The van der Waals surface area contributed by atoms with Crippen LogP contribution in [-0.4, -0.2) is 59.7 Å². The molecule has 0 amide bonds. The molecule has 0 spiro atoms. The van der Waals surface area contributed by atoms with Crippen LogP contribution in [0.2, 0.25) is 0 Å². The number of nitrogens with one attached hydrogen (secondary N) is 2. The van der Waals surface area contributed by atoms with Gasteiger partial charge in [-0.05, 0) is 51.4 Å². The van der Waals surface area contributed by atoms with Gasteiger partial charge in [-0.3, -0.25) is 0 Å². The van der Waals surface area contributed by atoms with Crippen molar-refractivity contribution in [3.8, 4) is 0 Å². The quantitative estimate of drug-likeness (QED) is 0.219. The summed E-state index contributed by atoms with van der Waals surface area (Å²) in [6, 6.07) is 0. The molecule has 0 aromatic carbocycles. The van der Waals surface area contributed by atoms with Crippen LogP contribution >= 0.6 is 24.0 Å². The molecule has 28 heavy (non-hydrogen) atoms. The number of aryl methyl sites for hydroxylation is 1. The van der Waals surface area contributed by atoms with Gasteiger partial charge in [0.05, 0.1) is 6.10 Å². The van der Waals surface area contributed by atoms with Gasteiger partial charge in [0.15, 0.2) is 11.8 Å². The number of guanidine groups is 1. The fourth-order valence-electron chi connectivity index (χ4n) is 3.32. The third-order valence-electron chi connectivity index (χ3n) is 5.65. The van der Waals surface area contributed by atoms with Gasteiger partial charge in [-0.2, -0.15) is 0 Å². The van der Waals surface area contributed by atoms with E-state index in [9.17, 15) is 0 Å². The number of aliphatic imine (C=N–C) groups is 1. The third-order valence-corrected chi connectivity index (χ3v) is 5.65. The van der Waals surface area contributed by atoms with Gasteiger partial charge >= 0.3 is 0 Å². The van der Waals surface area contributed by atoms with Crippen LogP contribution in [0.1, 0.15) is 50.7 Å². The second-order valence-corrected chi connectivity index (χ2v) is 7.70. The maximum Gasteiger partial charge on any atom is 0.191 e. The molecule has 1 atom stereocenters. The first kappa shape index (κ1) is 23.3. The van der Waals surface area contributed by atoms with Crippen molar-refractivity contribution >= 4 is 29.9 Å². The molecule has 1 saturated heterocycles. The Bertz CT molecular complexity index is 626. The Balaban J connectivity index is 0.00000280. The number of nitrogens with zero attached hydrogens (tertiary/aromatic N) is 4. The van der Waals surface area contributed by atoms with E-state index in [1.807, 2.05) is 25.5 Å². The van der Waals surface area contributed by atoms with Crippen LogP contribution in [0.4, 0.5) is 0 Å². The molecule has 1 saturated carbocycles. The monoisotopic (exact) mass is 506 g/mol. The Morgan fingerprint density at radius 1 is 1.36 bits per heavy atom. The van der Waals surface area contributed by atoms with E-state index in [-0.39, 0.29) is 30.1 Å². The molecule has 2 N–H and O–H groups in total. The molecule has 1 aromatic rings. The van der Waals surface area contributed by atoms with Crippen LogP contribution < -0.4 is 10.6 Å². The lowest BCUT2D eigenvalue weighted by atomic mass is 10.0. The number of hydrogen-bond donors (Lipinski definition) is 2. The highest BCUT2D eigenvalue weighted by atomic mass is 127. The zero-order chi connectivity index (χ0) is 19.1. The van der Waals surface area contributed by atoms with E-state index in [1.54, 1.807) is 0 Å². The van der Waals surface area contributed by atoms with Crippen molar-refractivity contribution < 1.29 is 9.47 Å². The molecule has 1 aromatic heterocycles. The first-order valence-corrected chi connectivity index (χ1v) is 10.2. The van der Waals surface area contributed by atoms with Crippen LogP contribution in [0, 0.1) is 12.3 Å². The first-order valence-electron chi connectivity index (χ1n) is 10.2. The predicted molar refractivity (Wildman–Crippen MR) is 120 cm³/mol. The lowest BCUT2D eigenvalue weighted by molar-refractivity contribution is 0.113. The molecule has 3 rings (SSSR count). The minimum absolute atomic E-state index is 0. The lowest BCUT2D eigenvalue weighted by Gasteiger charge is -2.20. The summed E-state index contributed by atoms with van der Waals surface area (Å²) in [6.07, 6.45) is 6.16. The Morgan fingerprint density at radius 2 is 2.18 bits per heavy atom. The van der Waals surface area contributed by atoms with Crippen molar-refractivity contribution in [2.24, 2.45) is 17.5 Å². The fraction of sp³-hybridized carbons (Fsp3) is 0.842. The Kier molecular flexibility index (Phi) is 9.42. The number of hydrogen-bond acceptors (Lipinski definition) is 5. The Hall–Kier alpha value is -0.940. The van der Waals surface area contributed by atoms with Crippen LogP contribution in [0.5, 0.6) is 0 Å². The van der Waals surface area contributed by atoms with Gasteiger partial charge in [0, 0.05) is 40.0 Å².